The predicted molar refractivity (Wildman–Crippen MR) is 93.3 cm³/mol. The first-order chi connectivity index (χ1) is 10.7. The molecule has 0 bridgehead atoms. The molecule has 1 aliphatic carbocycles. The SMILES string of the molecule is CCOC(CCN=C(N)Nc1cccc(C)c1)C1CCCC1. The summed E-state index contributed by atoms with van der Waals surface area (Å²) in [5.41, 5.74) is 8.16. The lowest BCUT2D eigenvalue weighted by Crippen LogP contribution is -2.26. The van der Waals surface area contributed by atoms with E-state index in [-0.39, 0.29) is 0 Å². The molecule has 0 saturated heterocycles. The molecule has 1 aliphatic rings. The highest BCUT2D eigenvalue weighted by atomic mass is 16.5. The van der Waals surface area contributed by atoms with E-state index in [1.54, 1.807) is 0 Å². The fourth-order valence-corrected chi connectivity index (χ4v) is 3.22. The van der Waals surface area contributed by atoms with Gasteiger partial charge >= 0.3 is 0 Å². The van der Waals surface area contributed by atoms with Gasteiger partial charge in [0.25, 0.3) is 0 Å². The summed E-state index contributed by atoms with van der Waals surface area (Å²) in [4.78, 5) is 4.45. The van der Waals surface area contributed by atoms with Gasteiger partial charge in [0.2, 0.25) is 0 Å². The normalized spacial score (nSPS) is 17.6. The van der Waals surface area contributed by atoms with Crippen LogP contribution in [0.5, 0.6) is 0 Å². The number of aliphatic imine (C=N–C) groups is 1. The molecule has 0 heterocycles. The standard InChI is InChI=1S/C18H29N3O/c1-3-22-17(15-8-4-5-9-15)11-12-20-18(19)21-16-10-6-7-14(2)13-16/h6-7,10,13,15,17H,3-5,8-9,11-12H2,1-2H3,(H3,19,20,21). The van der Waals surface area contributed by atoms with Gasteiger partial charge in [0, 0.05) is 18.8 Å². The van der Waals surface area contributed by atoms with E-state index in [1.807, 2.05) is 12.1 Å². The first-order valence-electron chi connectivity index (χ1n) is 8.44. The van der Waals surface area contributed by atoms with Gasteiger partial charge in [-0.25, -0.2) is 0 Å². The van der Waals surface area contributed by atoms with Crippen LogP contribution in [-0.2, 0) is 4.74 Å². The van der Waals surface area contributed by atoms with Crippen LogP contribution in [0.3, 0.4) is 0 Å². The molecular weight excluding hydrogens is 274 g/mol. The van der Waals surface area contributed by atoms with Crippen molar-refractivity contribution in [2.75, 3.05) is 18.5 Å². The van der Waals surface area contributed by atoms with E-state index >= 15 is 0 Å². The summed E-state index contributed by atoms with van der Waals surface area (Å²) in [6, 6.07) is 8.13. The zero-order valence-corrected chi connectivity index (χ0v) is 13.8. The smallest absolute Gasteiger partial charge is 0.193 e. The second kappa shape index (κ2) is 8.79. The Hall–Kier alpha value is -1.55. The van der Waals surface area contributed by atoms with Gasteiger partial charge < -0.3 is 15.8 Å². The average Bonchev–Trinajstić information content (AvgIpc) is 3.00. The fraction of sp³-hybridized carbons (Fsp3) is 0.611. The van der Waals surface area contributed by atoms with Crippen molar-refractivity contribution in [2.24, 2.45) is 16.6 Å². The van der Waals surface area contributed by atoms with Crippen molar-refractivity contribution in [3.05, 3.63) is 29.8 Å². The number of nitrogens with two attached hydrogens (primary N) is 1. The van der Waals surface area contributed by atoms with Gasteiger partial charge in [-0.1, -0.05) is 25.0 Å². The molecule has 1 fully saturated rings. The van der Waals surface area contributed by atoms with Crippen LogP contribution in [0.25, 0.3) is 0 Å². The highest BCUT2D eigenvalue weighted by molar-refractivity contribution is 5.92. The summed E-state index contributed by atoms with van der Waals surface area (Å²) in [6.07, 6.45) is 6.57. The average molecular weight is 303 g/mol. The Balaban J connectivity index is 1.81. The molecule has 22 heavy (non-hydrogen) atoms. The second-order valence-electron chi connectivity index (χ2n) is 6.09. The summed E-state index contributed by atoms with van der Waals surface area (Å²) >= 11 is 0. The maximum absolute atomic E-state index is 5.97. The number of aryl methyl sites for hydroxylation is 1. The molecule has 1 aromatic carbocycles. The van der Waals surface area contributed by atoms with E-state index in [4.69, 9.17) is 10.5 Å². The minimum atomic E-state index is 0.336. The van der Waals surface area contributed by atoms with Gasteiger partial charge in [0.1, 0.15) is 0 Å². The molecule has 0 aliphatic heterocycles. The Labute approximate surface area is 134 Å². The van der Waals surface area contributed by atoms with Crippen molar-refractivity contribution in [3.8, 4) is 0 Å². The van der Waals surface area contributed by atoms with E-state index in [9.17, 15) is 0 Å². The van der Waals surface area contributed by atoms with Gasteiger partial charge in [-0.05, 0) is 56.7 Å². The van der Waals surface area contributed by atoms with Crippen LogP contribution in [0.1, 0.15) is 44.6 Å². The monoisotopic (exact) mass is 303 g/mol. The lowest BCUT2D eigenvalue weighted by atomic mass is 9.98. The summed E-state index contributed by atoms with van der Waals surface area (Å²) in [5, 5.41) is 3.14. The lowest BCUT2D eigenvalue weighted by Gasteiger charge is -2.22. The number of guanidine groups is 1. The summed E-state index contributed by atoms with van der Waals surface area (Å²) in [5.74, 6) is 1.19. The molecular formula is C18H29N3O. The quantitative estimate of drug-likeness (QED) is 0.596. The number of nitrogens with one attached hydrogen (secondary N) is 1. The van der Waals surface area contributed by atoms with Crippen LogP contribution in [0.2, 0.25) is 0 Å². The number of nitrogens with zero attached hydrogens (tertiary/aromatic N) is 1. The van der Waals surface area contributed by atoms with E-state index in [0.29, 0.717) is 24.5 Å². The van der Waals surface area contributed by atoms with Gasteiger partial charge in [0.05, 0.1) is 6.10 Å². The van der Waals surface area contributed by atoms with E-state index < -0.39 is 0 Å². The molecule has 0 radical (unpaired) electrons. The Kier molecular flexibility index (Phi) is 6.72. The maximum Gasteiger partial charge on any atom is 0.193 e. The van der Waals surface area contributed by atoms with Crippen molar-refractivity contribution < 1.29 is 4.74 Å². The number of rotatable bonds is 7. The molecule has 1 aromatic rings. The molecule has 1 saturated carbocycles. The summed E-state index contributed by atoms with van der Waals surface area (Å²) in [7, 11) is 0. The molecule has 1 unspecified atom stereocenters. The molecule has 122 valence electrons. The van der Waals surface area contributed by atoms with Crippen LogP contribution in [-0.4, -0.2) is 25.2 Å². The third-order valence-electron chi connectivity index (χ3n) is 4.29. The van der Waals surface area contributed by atoms with Gasteiger partial charge in [0.15, 0.2) is 5.96 Å². The van der Waals surface area contributed by atoms with Crippen LogP contribution in [0.4, 0.5) is 5.69 Å². The molecule has 0 amide bonds. The van der Waals surface area contributed by atoms with Crippen LogP contribution in [0, 0.1) is 12.8 Å². The number of benzene rings is 1. The van der Waals surface area contributed by atoms with Crippen molar-refractivity contribution in [2.45, 2.75) is 52.1 Å². The Morgan fingerprint density at radius 3 is 2.86 bits per heavy atom. The Morgan fingerprint density at radius 2 is 2.18 bits per heavy atom. The van der Waals surface area contributed by atoms with E-state index in [2.05, 4.69) is 36.3 Å². The number of hydrogen-bond donors (Lipinski definition) is 2. The highest BCUT2D eigenvalue weighted by Crippen LogP contribution is 2.30. The molecule has 4 heteroatoms. The molecule has 2 rings (SSSR count). The third-order valence-corrected chi connectivity index (χ3v) is 4.29. The van der Waals surface area contributed by atoms with Crippen LogP contribution in [0.15, 0.2) is 29.3 Å². The van der Waals surface area contributed by atoms with Crippen molar-refractivity contribution in [3.63, 3.8) is 0 Å². The predicted octanol–water partition coefficient (Wildman–Crippen LogP) is 3.71. The van der Waals surface area contributed by atoms with E-state index in [0.717, 1.165) is 18.7 Å². The van der Waals surface area contributed by atoms with Crippen molar-refractivity contribution in [1.29, 1.82) is 0 Å². The molecule has 0 spiro atoms. The summed E-state index contributed by atoms with van der Waals surface area (Å²) < 4.78 is 5.91. The minimum Gasteiger partial charge on any atom is -0.378 e. The number of ether oxygens (including phenoxy) is 1. The zero-order valence-electron chi connectivity index (χ0n) is 13.8. The number of anilines is 1. The highest BCUT2D eigenvalue weighted by Gasteiger charge is 2.24. The maximum atomic E-state index is 5.97. The van der Waals surface area contributed by atoms with Crippen LogP contribution < -0.4 is 11.1 Å². The minimum absolute atomic E-state index is 0.336. The zero-order chi connectivity index (χ0) is 15.8. The molecule has 1 atom stereocenters. The fourth-order valence-electron chi connectivity index (χ4n) is 3.22. The molecule has 0 aromatic heterocycles. The number of hydrogen-bond acceptors (Lipinski definition) is 2. The van der Waals surface area contributed by atoms with E-state index in [1.165, 1.54) is 31.2 Å². The summed E-state index contributed by atoms with van der Waals surface area (Å²) in [6.45, 7) is 5.62. The molecule has 3 N–H and O–H groups in total. The van der Waals surface area contributed by atoms with Crippen molar-refractivity contribution >= 4 is 11.6 Å². The lowest BCUT2D eigenvalue weighted by molar-refractivity contribution is 0.0178. The first-order valence-corrected chi connectivity index (χ1v) is 8.44. The first kappa shape index (κ1) is 16.8. The van der Waals surface area contributed by atoms with Gasteiger partial charge in [-0.3, -0.25) is 4.99 Å². The topological polar surface area (TPSA) is 59.6 Å². The van der Waals surface area contributed by atoms with Gasteiger partial charge in [-0.15, -0.1) is 0 Å². The Morgan fingerprint density at radius 1 is 1.41 bits per heavy atom. The molecule has 4 nitrogen and oxygen atoms in total. The van der Waals surface area contributed by atoms with Crippen LogP contribution >= 0.6 is 0 Å². The second-order valence-corrected chi connectivity index (χ2v) is 6.09. The van der Waals surface area contributed by atoms with Gasteiger partial charge in [-0.2, -0.15) is 0 Å². The largest absolute Gasteiger partial charge is 0.378 e. The Bertz CT molecular complexity index is 481. The van der Waals surface area contributed by atoms with Crippen molar-refractivity contribution in [1.82, 2.24) is 0 Å². The third kappa shape index (κ3) is 5.34.